The number of rotatable bonds is 5. The molecule has 2 aromatic rings. The second kappa shape index (κ2) is 8.29. The van der Waals surface area contributed by atoms with Gasteiger partial charge in [0.1, 0.15) is 5.76 Å². The van der Waals surface area contributed by atoms with Crippen molar-refractivity contribution >= 4 is 32.6 Å². The lowest BCUT2D eigenvalue weighted by molar-refractivity contribution is 0.0611. The van der Waals surface area contributed by atoms with Gasteiger partial charge in [-0.1, -0.05) is 22.9 Å². The fraction of sp³-hybridized carbons (Fsp3) is 0.389. The van der Waals surface area contributed by atoms with Crippen molar-refractivity contribution in [3.63, 3.8) is 0 Å². The summed E-state index contributed by atoms with van der Waals surface area (Å²) in [5, 5.41) is 0. The van der Waals surface area contributed by atoms with Gasteiger partial charge in [-0.2, -0.15) is 0 Å². The number of nitrogens with zero attached hydrogens (tertiary/aromatic N) is 2. The van der Waals surface area contributed by atoms with E-state index in [4.69, 9.17) is 4.42 Å². The van der Waals surface area contributed by atoms with E-state index in [9.17, 15) is 9.00 Å². The molecule has 7 heteroatoms. The minimum Gasteiger partial charge on any atom is -0.455 e. The van der Waals surface area contributed by atoms with Gasteiger partial charge in [0.05, 0.1) is 16.6 Å². The Kier molecular flexibility index (Phi) is 6.09. The van der Waals surface area contributed by atoms with Crippen LogP contribution in [0, 0.1) is 0 Å². The van der Waals surface area contributed by atoms with Crippen LogP contribution in [0.5, 0.6) is 0 Å². The minimum absolute atomic E-state index is 0.0866. The van der Waals surface area contributed by atoms with Gasteiger partial charge in [0.2, 0.25) is 0 Å². The molecule has 0 radical (unpaired) electrons. The summed E-state index contributed by atoms with van der Waals surface area (Å²) in [5.41, 5.74) is 0. The third-order valence-electron chi connectivity index (χ3n) is 4.33. The first kappa shape index (κ1) is 18.4. The molecule has 1 aromatic carbocycles. The summed E-state index contributed by atoms with van der Waals surface area (Å²) in [6.45, 7) is 6.35. The second-order valence-electron chi connectivity index (χ2n) is 5.94. The molecule has 1 aliphatic heterocycles. The zero-order valence-electron chi connectivity index (χ0n) is 14.1. The highest BCUT2D eigenvalue weighted by molar-refractivity contribution is 9.10. The van der Waals surface area contributed by atoms with Crippen LogP contribution in [0.4, 0.5) is 0 Å². The molecule has 0 aliphatic carbocycles. The van der Waals surface area contributed by atoms with E-state index in [1.54, 1.807) is 12.1 Å². The predicted octanol–water partition coefficient (Wildman–Crippen LogP) is 3.13. The highest BCUT2D eigenvalue weighted by Crippen LogP contribution is 2.19. The van der Waals surface area contributed by atoms with Crippen LogP contribution in [0.15, 0.2) is 50.2 Å². The molecule has 0 N–H and O–H groups in total. The molecule has 5 nitrogen and oxygen atoms in total. The maximum absolute atomic E-state index is 12.5. The van der Waals surface area contributed by atoms with Gasteiger partial charge in [0.25, 0.3) is 5.91 Å². The molecule has 0 saturated carbocycles. The van der Waals surface area contributed by atoms with E-state index >= 15 is 0 Å². The molecule has 134 valence electrons. The van der Waals surface area contributed by atoms with E-state index in [-0.39, 0.29) is 11.7 Å². The number of amides is 1. The first-order valence-electron chi connectivity index (χ1n) is 8.31. The normalized spacial score (nSPS) is 16.8. The summed E-state index contributed by atoms with van der Waals surface area (Å²) >= 11 is 3.36. The van der Waals surface area contributed by atoms with E-state index in [2.05, 4.69) is 27.8 Å². The molecular formula is C18H21BrN2O3S. The van der Waals surface area contributed by atoms with Crippen molar-refractivity contribution in [3.05, 3.63) is 52.4 Å². The van der Waals surface area contributed by atoms with Gasteiger partial charge in [0.15, 0.2) is 5.76 Å². The largest absolute Gasteiger partial charge is 0.455 e. The number of furan rings is 1. The number of carbonyl (C=O) groups excluding carboxylic acids is 1. The second-order valence-corrected chi connectivity index (χ2v) is 8.30. The van der Waals surface area contributed by atoms with Gasteiger partial charge >= 0.3 is 0 Å². The number of piperazine rings is 1. The summed E-state index contributed by atoms with van der Waals surface area (Å²) in [6, 6.07) is 10.8. The van der Waals surface area contributed by atoms with Crippen LogP contribution in [0.2, 0.25) is 0 Å². The van der Waals surface area contributed by atoms with Gasteiger partial charge in [-0.25, -0.2) is 0 Å². The van der Waals surface area contributed by atoms with E-state index in [0.717, 1.165) is 29.0 Å². The quantitative estimate of drug-likeness (QED) is 0.739. The van der Waals surface area contributed by atoms with E-state index in [1.807, 2.05) is 29.2 Å². The van der Waals surface area contributed by atoms with E-state index in [0.29, 0.717) is 24.6 Å². The number of hydrogen-bond donors (Lipinski definition) is 0. The monoisotopic (exact) mass is 424 g/mol. The Labute approximate surface area is 158 Å². The maximum atomic E-state index is 12.5. The number of halogens is 1. The van der Waals surface area contributed by atoms with Crippen molar-refractivity contribution in [2.75, 3.05) is 32.7 Å². The first-order chi connectivity index (χ1) is 12.1. The first-order valence-corrected chi connectivity index (χ1v) is 10.4. The molecule has 1 fully saturated rings. The van der Waals surface area contributed by atoms with Crippen molar-refractivity contribution in [2.24, 2.45) is 0 Å². The van der Waals surface area contributed by atoms with Crippen molar-refractivity contribution < 1.29 is 13.4 Å². The zero-order chi connectivity index (χ0) is 17.8. The third kappa shape index (κ3) is 4.59. The zero-order valence-corrected chi connectivity index (χ0v) is 16.5. The molecule has 0 bridgehead atoms. The van der Waals surface area contributed by atoms with Crippen LogP contribution in [0.3, 0.4) is 0 Å². The fourth-order valence-electron chi connectivity index (χ4n) is 2.79. The van der Waals surface area contributed by atoms with E-state index < -0.39 is 10.8 Å². The SMILES string of the molecule is CCN1CCN(C(=O)c2ccc(CS(=O)c3ccc(Br)cc3)o2)CC1. The Hall–Kier alpha value is -1.44. The highest BCUT2D eigenvalue weighted by atomic mass is 79.9. The highest BCUT2D eigenvalue weighted by Gasteiger charge is 2.23. The molecule has 2 heterocycles. The van der Waals surface area contributed by atoms with Gasteiger partial charge in [-0.3, -0.25) is 9.00 Å². The molecule has 1 saturated heterocycles. The average Bonchev–Trinajstić information content (AvgIpc) is 3.10. The minimum atomic E-state index is -1.20. The van der Waals surface area contributed by atoms with Gasteiger partial charge in [0, 0.05) is 35.5 Å². The van der Waals surface area contributed by atoms with Crippen molar-refractivity contribution in [3.8, 4) is 0 Å². The Bertz CT molecular complexity index is 752. The standard InChI is InChI=1S/C18H21BrN2O3S/c1-2-20-9-11-21(12-10-20)18(22)17-8-5-15(24-17)13-25(23)16-6-3-14(19)4-7-16/h3-8H,2,9-13H2,1H3. The van der Waals surface area contributed by atoms with Crippen LogP contribution >= 0.6 is 15.9 Å². The van der Waals surface area contributed by atoms with Crippen LogP contribution in [-0.2, 0) is 16.6 Å². The molecule has 1 atom stereocenters. The summed E-state index contributed by atoms with van der Waals surface area (Å²) in [7, 11) is -1.20. The molecule has 3 rings (SSSR count). The average molecular weight is 425 g/mol. The summed E-state index contributed by atoms with van der Waals surface area (Å²) < 4.78 is 19.0. The van der Waals surface area contributed by atoms with Gasteiger partial charge < -0.3 is 14.2 Å². The van der Waals surface area contributed by atoms with Crippen molar-refractivity contribution in [1.29, 1.82) is 0 Å². The smallest absolute Gasteiger partial charge is 0.289 e. The number of benzene rings is 1. The van der Waals surface area contributed by atoms with Gasteiger partial charge in [-0.15, -0.1) is 0 Å². The molecule has 1 unspecified atom stereocenters. The molecule has 0 spiro atoms. The summed E-state index contributed by atoms with van der Waals surface area (Å²) in [5.74, 6) is 1.07. The fourth-order valence-corrected chi connectivity index (χ4v) is 4.08. The molecule has 25 heavy (non-hydrogen) atoms. The van der Waals surface area contributed by atoms with Crippen LogP contribution < -0.4 is 0 Å². The number of hydrogen-bond acceptors (Lipinski definition) is 4. The van der Waals surface area contributed by atoms with Crippen LogP contribution in [0.25, 0.3) is 0 Å². The van der Waals surface area contributed by atoms with Gasteiger partial charge in [-0.05, 0) is 42.9 Å². The number of carbonyl (C=O) groups is 1. The Morgan fingerprint density at radius 2 is 1.80 bits per heavy atom. The lowest BCUT2D eigenvalue weighted by atomic mass is 10.3. The Balaban J connectivity index is 1.61. The Morgan fingerprint density at radius 3 is 2.44 bits per heavy atom. The predicted molar refractivity (Wildman–Crippen MR) is 101 cm³/mol. The number of likely N-dealkylation sites (N-methyl/N-ethyl adjacent to an activating group) is 1. The lowest BCUT2D eigenvalue weighted by Gasteiger charge is -2.33. The van der Waals surface area contributed by atoms with Crippen molar-refractivity contribution in [1.82, 2.24) is 9.80 Å². The molecule has 1 aromatic heterocycles. The summed E-state index contributed by atoms with van der Waals surface area (Å²) in [6.07, 6.45) is 0. The van der Waals surface area contributed by atoms with Crippen LogP contribution in [-0.4, -0.2) is 52.6 Å². The third-order valence-corrected chi connectivity index (χ3v) is 6.20. The summed E-state index contributed by atoms with van der Waals surface area (Å²) in [4.78, 5) is 17.4. The molecular weight excluding hydrogens is 404 g/mol. The lowest BCUT2D eigenvalue weighted by Crippen LogP contribution is -2.48. The maximum Gasteiger partial charge on any atom is 0.289 e. The van der Waals surface area contributed by atoms with Crippen LogP contribution in [0.1, 0.15) is 23.2 Å². The Morgan fingerprint density at radius 1 is 1.12 bits per heavy atom. The van der Waals surface area contributed by atoms with Crippen molar-refractivity contribution in [2.45, 2.75) is 17.6 Å². The topological polar surface area (TPSA) is 53.8 Å². The molecule has 1 amide bonds. The van der Waals surface area contributed by atoms with E-state index in [1.165, 1.54) is 0 Å². The molecule has 1 aliphatic rings.